The number of aromatic amines is 1. The summed E-state index contributed by atoms with van der Waals surface area (Å²) in [5.74, 6) is -0.203. The highest BCUT2D eigenvalue weighted by Crippen LogP contribution is 2.27. The fraction of sp³-hybridized carbons (Fsp3) is 0.214. The van der Waals surface area contributed by atoms with Gasteiger partial charge in [0, 0.05) is 17.4 Å². The first-order valence-corrected chi connectivity index (χ1v) is 9.36. The molecule has 120 valence electrons. The van der Waals surface area contributed by atoms with Crippen LogP contribution in [0.1, 0.15) is 18.4 Å². The zero-order chi connectivity index (χ0) is 16.4. The van der Waals surface area contributed by atoms with Gasteiger partial charge in [0.05, 0.1) is 5.69 Å². The van der Waals surface area contributed by atoms with E-state index in [1.807, 2.05) is 6.92 Å². The van der Waals surface area contributed by atoms with Gasteiger partial charge in [-0.05, 0) is 12.1 Å². The van der Waals surface area contributed by atoms with Crippen molar-refractivity contribution in [3.8, 4) is 10.6 Å². The lowest BCUT2D eigenvalue weighted by Crippen LogP contribution is -2.07. The maximum absolute atomic E-state index is 13.8. The Morgan fingerprint density at radius 2 is 2.04 bits per heavy atom. The topological polar surface area (TPSA) is 88.6 Å². The Morgan fingerprint density at radius 1 is 1.26 bits per heavy atom. The first kappa shape index (κ1) is 15.8. The van der Waals surface area contributed by atoms with E-state index in [0.29, 0.717) is 28.5 Å². The van der Waals surface area contributed by atoms with Gasteiger partial charge in [-0.25, -0.2) is 22.8 Å². The van der Waals surface area contributed by atoms with Gasteiger partial charge in [0.15, 0.2) is 0 Å². The average Bonchev–Trinajstić information content (AvgIpc) is 3.16. The number of aromatic nitrogens is 4. The quantitative estimate of drug-likeness (QED) is 0.762. The third kappa shape index (κ3) is 3.30. The van der Waals surface area contributed by atoms with Crippen LogP contribution in [0.15, 0.2) is 34.8 Å². The van der Waals surface area contributed by atoms with E-state index in [1.54, 1.807) is 23.6 Å². The minimum absolute atomic E-state index is 0.241. The molecule has 2 heterocycles. The van der Waals surface area contributed by atoms with E-state index in [0.717, 1.165) is 0 Å². The van der Waals surface area contributed by atoms with Crippen molar-refractivity contribution in [1.82, 2.24) is 20.2 Å². The summed E-state index contributed by atoms with van der Waals surface area (Å²) in [6.07, 6.45) is 0.566. The molecule has 0 saturated carbocycles. The van der Waals surface area contributed by atoms with Crippen LogP contribution < -0.4 is 0 Å². The predicted octanol–water partition coefficient (Wildman–Crippen LogP) is 2.60. The highest BCUT2D eigenvalue weighted by atomic mass is 32.2. The Bertz CT molecular complexity index is 934. The molecule has 3 aromatic rings. The second-order valence-corrected chi connectivity index (χ2v) is 7.54. The van der Waals surface area contributed by atoms with Gasteiger partial charge in [0.25, 0.3) is 5.16 Å². The zero-order valence-electron chi connectivity index (χ0n) is 12.2. The Morgan fingerprint density at radius 3 is 2.74 bits per heavy atom. The molecule has 0 saturated heterocycles. The number of halogens is 1. The molecule has 0 aliphatic heterocycles. The van der Waals surface area contributed by atoms with Gasteiger partial charge in [-0.3, -0.25) is 5.10 Å². The van der Waals surface area contributed by atoms with Crippen molar-refractivity contribution in [2.24, 2.45) is 0 Å². The predicted molar refractivity (Wildman–Crippen MR) is 84.2 cm³/mol. The first-order chi connectivity index (χ1) is 11.0. The van der Waals surface area contributed by atoms with Crippen LogP contribution in [0.3, 0.4) is 0 Å². The third-order valence-electron chi connectivity index (χ3n) is 3.12. The molecule has 0 unspecified atom stereocenters. The molecule has 1 N–H and O–H groups in total. The van der Waals surface area contributed by atoms with Gasteiger partial charge in [0.1, 0.15) is 22.4 Å². The van der Waals surface area contributed by atoms with Crippen molar-refractivity contribution in [2.75, 3.05) is 0 Å². The second-order valence-electron chi connectivity index (χ2n) is 4.80. The summed E-state index contributed by atoms with van der Waals surface area (Å²) in [4.78, 5) is 8.15. The molecular weight excluding hydrogens is 339 g/mol. The molecule has 6 nitrogen and oxygen atoms in total. The molecule has 0 fully saturated rings. The molecule has 9 heteroatoms. The number of thiazole rings is 1. The molecule has 0 atom stereocenters. The van der Waals surface area contributed by atoms with Crippen molar-refractivity contribution >= 4 is 21.2 Å². The summed E-state index contributed by atoms with van der Waals surface area (Å²) >= 11 is 1.20. The Hall–Kier alpha value is -2.13. The van der Waals surface area contributed by atoms with Crippen LogP contribution in [0, 0.1) is 5.82 Å². The van der Waals surface area contributed by atoms with Crippen LogP contribution in [0.4, 0.5) is 4.39 Å². The molecule has 0 aliphatic carbocycles. The van der Waals surface area contributed by atoms with E-state index in [2.05, 4.69) is 20.2 Å². The molecule has 23 heavy (non-hydrogen) atoms. The lowest BCUT2D eigenvalue weighted by molar-refractivity contribution is 0.586. The number of rotatable bonds is 5. The minimum atomic E-state index is -3.68. The van der Waals surface area contributed by atoms with Gasteiger partial charge in [0.2, 0.25) is 9.84 Å². The van der Waals surface area contributed by atoms with Crippen LogP contribution in [0.5, 0.6) is 0 Å². The van der Waals surface area contributed by atoms with Crippen LogP contribution in [0.25, 0.3) is 10.6 Å². The van der Waals surface area contributed by atoms with Crippen LogP contribution in [0.2, 0.25) is 0 Å². The van der Waals surface area contributed by atoms with Gasteiger partial charge >= 0.3 is 0 Å². The molecule has 0 bridgehead atoms. The standard InChI is InChI=1S/C14H13FN4O2S2/c1-2-12-17-14(19-18-12)23(20,21)8-9-7-22-13(16-9)10-5-3-4-6-11(10)15/h3-7H,2,8H2,1H3,(H,17,18,19). The van der Waals surface area contributed by atoms with Crippen molar-refractivity contribution < 1.29 is 12.8 Å². The lowest BCUT2D eigenvalue weighted by Gasteiger charge is -1.98. The molecular formula is C14H13FN4O2S2. The lowest BCUT2D eigenvalue weighted by atomic mass is 10.2. The molecule has 0 spiro atoms. The highest BCUT2D eigenvalue weighted by molar-refractivity contribution is 7.90. The minimum Gasteiger partial charge on any atom is -0.262 e. The summed E-state index contributed by atoms with van der Waals surface area (Å²) < 4.78 is 38.3. The fourth-order valence-electron chi connectivity index (χ4n) is 1.97. The normalized spacial score (nSPS) is 11.7. The van der Waals surface area contributed by atoms with Crippen molar-refractivity contribution in [3.05, 3.63) is 47.0 Å². The van der Waals surface area contributed by atoms with Crippen LogP contribution in [-0.2, 0) is 22.0 Å². The first-order valence-electron chi connectivity index (χ1n) is 6.83. The smallest absolute Gasteiger partial charge is 0.262 e. The second kappa shape index (κ2) is 6.17. The van der Waals surface area contributed by atoms with E-state index in [9.17, 15) is 12.8 Å². The zero-order valence-corrected chi connectivity index (χ0v) is 13.8. The van der Waals surface area contributed by atoms with Gasteiger partial charge in [-0.15, -0.1) is 16.4 Å². The van der Waals surface area contributed by atoms with Crippen LogP contribution >= 0.6 is 11.3 Å². The number of sulfone groups is 1. The molecule has 3 rings (SSSR count). The largest absolute Gasteiger partial charge is 0.267 e. The summed E-state index contributed by atoms with van der Waals surface area (Å²) in [6, 6.07) is 6.24. The summed E-state index contributed by atoms with van der Waals surface area (Å²) in [7, 11) is -3.68. The maximum atomic E-state index is 13.8. The fourth-order valence-corrected chi connectivity index (χ4v) is 4.02. The number of nitrogens with one attached hydrogen (secondary N) is 1. The van der Waals surface area contributed by atoms with E-state index in [-0.39, 0.29) is 10.9 Å². The van der Waals surface area contributed by atoms with Gasteiger partial charge < -0.3 is 0 Å². The van der Waals surface area contributed by atoms with Crippen molar-refractivity contribution in [2.45, 2.75) is 24.3 Å². The number of H-pyrrole nitrogens is 1. The summed E-state index contributed by atoms with van der Waals surface area (Å²) in [6.45, 7) is 1.85. The van der Waals surface area contributed by atoms with Crippen LogP contribution in [-0.4, -0.2) is 28.6 Å². The number of nitrogens with zero attached hydrogens (tertiary/aromatic N) is 3. The van der Waals surface area contributed by atoms with E-state index in [1.165, 1.54) is 17.4 Å². The van der Waals surface area contributed by atoms with Gasteiger partial charge in [-0.2, -0.15) is 0 Å². The summed E-state index contributed by atoms with van der Waals surface area (Å²) in [5.41, 5.74) is 0.698. The third-order valence-corrected chi connectivity index (χ3v) is 5.46. The average molecular weight is 352 g/mol. The molecule has 2 aromatic heterocycles. The van der Waals surface area contributed by atoms with Crippen molar-refractivity contribution in [1.29, 1.82) is 0 Å². The number of aryl methyl sites for hydroxylation is 1. The number of hydrogen-bond acceptors (Lipinski definition) is 6. The molecule has 0 amide bonds. The SMILES string of the molecule is CCc1nc(S(=O)(=O)Cc2csc(-c3ccccc3F)n2)n[nH]1. The van der Waals surface area contributed by atoms with E-state index >= 15 is 0 Å². The van der Waals surface area contributed by atoms with Gasteiger partial charge in [-0.1, -0.05) is 19.1 Å². The van der Waals surface area contributed by atoms with E-state index in [4.69, 9.17) is 0 Å². The molecule has 0 aliphatic rings. The molecule has 1 aromatic carbocycles. The highest BCUT2D eigenvalue weighted by Gasteiger charge is 2.22. The Balaban J connectivity index is 1.85. The Labute approximate surface area is 136 Å². The Kier molecular flexibility index (Phi) is 4.22. The molecule has 0 radical (unpaired) electrons. The number of benzene rings is 1. The maximum Gasteiger partial charge on any atom is 0.267 e. The monoisotopic (exact) mass is 352 g/mol. The number of hydrogen-bond donors (Lipinski definition) is 1. The van der Waals surface area contributed by atoms with Crippen molar-refractivity contribution in [3.63, 3.8) is 0 Å². The summed E-state index contributed by atoms with van der Waals surface area (Å²) in [5, 5.41) is 8.11. The van der Waals surface area contributed by atoms with E-state index < -0.39 is 15.7 Å².